The number of carbonyl (C=O) groups excluding carboxylic acids is 1. The molecule has 2 rings (SSSR count). The predicted molar refractivity (Wildman–Crippen MR) is 69.3 cm³/mol. The van der Waals surface area contributed by atoms with Crippen molar-refractivity contribution in [3.63, 3.8) is 0 Å². The molecule has 1 amide bonds. The Bertz CT molecular complexity index is 288. The minimum Gasteiger partial charge on any atom is -0.389 e. The molecule has 2 N–H and O–H groups in total. The van der Waals surface area contributed by atoms with Crippen molar-refractivity contribution in [2.45, 2.75) is 69.0 Å². The first kappa shape index (κ1) is 13.8. The second-order valence-electron chi connectivity index (χ2n) is 5.98. The van der Waals surface area contributed by atoms with E-state index in [2.05, 4.69) is 5.32 Å². The number of amides is 1. The van der Waals surface area contributed by atoms with Crippen LogP contribution in [0.1, 0.15) is 57.8 Å². The molecule has 2 aliphatic carbocycles. The Hall–Kier alpha value is -0.610. The van der Waals surface area contributed by atoms with E-state index in [-0.39, 0.29) is 17.9 Å². The molecule has 0 aliphatic heterocycles. The van der Waals surface area contributed by atoms with E-state index in [0.29, 0.717) is 6.54 Å². The van der Waals surface area contributed by atoms with Crippen molar-refractivity contribution >= 4 is 5.91 Å². The summed E-state index contributed by atoms with van der Waals surface area (Å²) >= 11 is 0. The molecule has 0 saturated heterocycles. The van der Waals surface area contributed by atoms with E-state index < -0.39 is 5.60 Å². The molecule has 0 aromatic rings. The summed E-state index contributed by atoms with van der Waals surface area (Å²) in [6.07, 6.45) is 8.22. The number of ether oxygens (including phenoxy) is 1. The molecular formula is C14H25NO3. The van der Waals surface area contributed by atoms with Crippen LogP contribution in [0, 0.1) is 0 Å². The van der Waals surface area contributed by atoms with E-state index in [4.69, 9.17) is 4.74 Å². The van der Waals surface area contributed by atoms with Crippen LogP contribution in [0.4, 0.5) is 0 Å². The summed E-state index contributed by atoms with van der Waals surface area (Å²) in [5, 5.41) is 13.2. The average molecular weight is 255 g/mol. The van der Waals surface area contributed by atoms with Crippen molar-refractivity contribution in [3.8, 4) is 0 Å². The van der Waals surface area contributed by atoms with Crippen LogP contribution < -0.4 is 5.32 Å². The number of nitrogens with one attached hydrogen (secondary N) is 1. The van der Waals surface area contributed by atoms with Gasteiger partial charge in [0.15, 0.2) is 0 Å². The van der Waals surface area contributed by atoms with E-state index in [1.54, 1.807) is 7.11 Å². The fourth-order valence-corrected chi connectivity index (χ4v) is 3.03. The zero-order valence-electron chi connectivity index (χ0n) is 11.3. The Morgan fingerprint density at radius 3 is 2.33 bits per heavy atom. The molecule has 2 fully saturated rings. The number of carbonyl (C=O) groups is 1. The predicted octanol–water partition coefficient (Wildman–Crippen LogP) is 1.76. The number of methoxy groups -OCH3 is 1. The highest BCUT2D eigenvalue weighted by Gasteiger charge is 2.38. The van der Waals surface area contributed by atoms with Gasteiger partial charge in [-0.25, -0.2) is 0 Å². The molecule has 0 bridgehead atoms. The summed E-state index contributed by atoms with van der Waals surface area (Å²) in [5.74, 6) is -0.0391. The second-order valence-corrected chi connectivity index (χ2v) is 5.98. The Morgan fingerprint density at radius 1 is 1.17 bits per heavy atom. The van der Waals surface area contributed by atoms with Crippen molar-refractivity contribution in [2.75, 3.05) is 13.7 Å². The van der Waals surface area contributed by atoms with Gasteiger partial charge in [-0.05, 0) is 32.1 Å². The van der Waals surface area contributed by atoms with Crippen LogP contribution in [-0.4, -0.2) is 35.9 Å². The Kier molecular flexibility index (Phi) is 4.28. The van der Waals surface area contributed by atoms with Crippen LogP contribution >= 0.6 is 0 Å². The fraction of sp³-hybridized carbons (Fsp3) is 0.929. The van der Waals surface area contributed by atoms with Crippen LogP contribution in [0.5, 0.6) is 0 Å². The normalized spacial score (nSPS) is 25.2. The molecule has 0 unspecified atom stereocenters. The Balaban J connectivity index is 1.74. The van der Waals surface area contributed by atoms with Gasteiger partial charge in [-0.2, -0.15) is 0 Å². The molecule has 0 aromatic heterocycles. The quantitative estimate of drug-likeness (QED) is 0.787. The van der Waals surface area contributed by atoms with Crippen LogP contribution in [0.2, 0.25) is 0 Å². The van der Waals surface area contributed by atoms with Crippen molar-refractivity contribution in [1.82, 2.24) is 5.32 Å². The standard InChI is InChI=1S/C14H25NO3/c1-18-14(8-5-9-14)11-15-12(16)10-13(17)6-3-2-4-7-13/h17H,2-11H2,1H3,(H,15,16). The lowest BCUT2D eigenvalue weighted by Crippen LogP contribution is -2.50. The molecule has 0 radical (unpaired) electrons. The monoisotopic (exact) mass is 255 g/mol. The highest BCUT2D eigenvalue weighted by atomic mass is 16.5. The van der Waals surface area contributed by atoms with Crippen LogP contribution in [-0.2, 0) is 9.53 Å². The number of hydrogen-bond donors (Lipinski definition) is 2. The number of hydrogen-bond acceptors (Lipinski definition) is 3. The second kappa shape index (κ2) is 5.57. The lowest BCUT2D eigenvalue weighted by atomic mass is 9.79. The van der Waals surface area contributed by atoms with Crippen LogP contribution in [0.25, 0.3) is 0 Å². The fourth-order valence-electron chi connectivity index (χ4n) is 3.03. The molecule has 0 aromatic carbocycles. The van der Waals surface area contributed by atoms with Crippen molar-refractivity contribution in [1.29, 1.82) is 0 Å². The summed E-state index contributed by atoms with van der Waals surface area (Å²) in [5.41, 5.74) is -0.896. The van der Waals surface area contributed by atoms with Gasteiger partial charge in [0.05, 0.1) is 17.6 Å². The summed E-state index contributed by atoms with van der Waals surface area (Å²) in [6, 6.07) is 0. The molecule has 104 valence electrons. The van der Waals surface area contributed by atoms with Crippen molar-refractivity contribution in [3.05, 3.63) is 0 Å². The third-order valence-corrected chi connectivity index (χ3v) is 4.58. The molecule has 4 heteroatoms. The first-order chi connectivity index (χ1) is 8.58. The SMILES string of the molecule is COC1(CNC(=O)CC2(O)CCCCC2)CCC1. The van der Waals surface area contributed by atoms with Crippen LogP contribution in [0.3, 0.4) is 0 Å². The molecule has 0 spiro atoms. The smallest absolute Gasteiger partial charge is 0.222 e. The highest BCUT2D eigenvalue weighted by molar-refractivity contribution is 5.77. The minimum atomic E-state index is -0.762. The lowest BCUT2D eigenvalue weighted by Gasteiger charge is -2.40. The van der Waals surface area contributed by atoms with Gasteiger partial charge in [0.2, 0.25) is 5.91 Å². The molecule has 18 heavy (non-hydrogen) atoms. The largest absolute Gasteiger partial charge is 0.389 e. The molecular weight excluding hydrogens is 230 g/mol. The van der Waals surface area contributed by atoms with Crippen LogP contribution in [0.15, 0.2) is 0 Å². The molecule has 0 heterocycles. The van der Waals surface area contributed by atoms with Gasteiger partial charge in [0.1, 0.15) is 0 Å². The maximum atomic E-state index is 11.9. The Labute approximate surface area is 109 Å². The van der Waals surface area contributed by atoms with Gasteiger partial charge < -0.3 is 15.2 Å². The van der Waals surface area contributed by atoms with E-state index in [1.165, 1.54) is 12.8 Å². The third kappa shape index (κ3) is 3.23. The molecule has 2 saturated carbocycles. The van der Waals surface area contributed by atoms with Gasteiger partial charge in [0.25, 0.3) is 0 Å². The van der Waals surface area contributed by atoms with Gasteiger partial charge >= 0.3 is 0 Å². The van der Waals surface area contributed by atoms with E-state index >= 15 is 0 Å². The van der Waals surface area contributed by atoms with Gasteiger partial charge in [0, 0.05) is 13.7 Å². The molecule has 2 aliphatic rings. The Morgan fingerprint density at radius 2 is 1.83 bits per heavy atom. The summed E-state index contributed by atoms with van der Waals surface area (Å²) in [4.78, 5) is 11.9. The van der Waals surface area contributed by atoms with E-state index in [9.17, 15) is 9.90 Å². The lowest BCUT2D eigenvalue weighted by molar-refractivity contribution is -0.131. The zero-order valence-corrected chi connectivity index (χ0v) is 11.3. The maximum absolute atomic E-state index is 11.9. The number of rotatable bonds is 5. The number of aliphatic hydroxyl groups is 1. The average Bonchev–Trinajstić information content (AvgIpc) is 2.28. The summed E-state index contributed by atoms with van der Waals surface area (Å²) in [6.45, 7) is 0.582. The zero-order chi connectivity index (χ0) is 13.1. The summed E-state index contributed by atoms with van der Waals surface area (Å²) in [7, 11) is 1.71. The highest BCUT2D eigenvalue weighted by Crippen LogP contribution is 2.34. The maximum Gasteiger partial charge on any atom is 0.222 e. The molecule has 4 nitrogen and oxygen atoms in total. The van der Waals surface area contributed by atoms with E-state index in [1.807, 2.05) is 0 Å². The summed E-state index contributed by atoms with van der Waals surface area (Å²) < 4.78 is 5.46. The third-order valence-electron chi connectivity index (χ3n) is 4.58. The van der Waals surface area contributed by atoms with Gasteiger partial charge in [-0.15, -0.1) is 0 Å². The van der Waals surface area contributed by atoms with Crippen molar-refractivity contribution in [2.24, 2.45) is 0 Å². The first-order valence-electron chi connectivity index (χ1n) is 7.12. The topological polar surface area (TPSA) is 58.6 Å². The minimum absolute atomic E-state index is 0.0391. The van der Waals surface area contributed by atoms with Gasteiger partial charge in [-0.1, -0.05) is 19.3 Å². The first-order valence-corrected chi connectivity index (χ1v) is 7.12. The van der Waals surface area contributed by atoms with Gasteiger partial charge in [-0.3, -0.25) is 4.79 Å². The van der Waals surface area contributed by atoms with Crippen molar-refractivity contribution < 1.29 is 14.6 Å². The van der Waals surface area contributed by atoms with E-state index in [0.717, 1.165) is 38.5 Å². The molecule has 0 atom stereocenters.